The maximum Gasteiger partial charge on any atom is 0.217 e. The van der Waals surface area contributed by atoms with Gasteiger partial charge in [0.1, 0.15) is 0 Å². The van der Waals surface area contributed by atoms with Crippen molar-refractivity contribution in [3.63, 3.8) is 0 Å². The van der Waals surface area contributed by atoms with Gasteiger partial charge in [-0.2, -0.15) is 0 Å². The first-order valence-electron chi connectivity index (χ1n) is 3.62. The molecule has 10 heavy (non-hydrogen) atoms. The van der Waals surface area contributed by atoms with Gasteiger partial charge in [0.05, 0.1) is 0 Å². The SMILES string of the molecule is C[C@H](CC(N)=O)C(C)(C)C. The molecule has 0 spiro atoms. The van der Waals surface area contributed by atoms with Crippen molar-refractivity contribution in [2.24, 2.45) is 17.1 Å². The molecule has 0 fully saturated rings. The zero-order valence-electron chi connectivity index (χ0n) is 7.27. The number of primary amides is 1. The van der Waals surface area contributed by atoms with E-state index in [9.17, 15) is 4.79 Å². The van der Waals surface area contributed by atoms with Crippen LogP contribution in [0.1, 0.15) is 34.1 Å². The molecule has 0 rings (SSSR count). The van der Waals surface area contributed by atoms with Crippen LogP contribution in [0.25, 0.3) is 0 Å². The van der Waals surface area contributed by atoms with Crippen LogP contribution in [-0.4, -0.2) is 5.91 Å². The summed E-state index contributed by atoms with van der Waals surface area (Å²) >= 11 is 0. The molecule has 60 valence electrons. The maximum absolute atomic E-state index is 10.5. The van der Waals surface area contributed by atoms with E-state index < -0.39 is 0 Å². The predicted molar refractivity (Wildman–Crippen MR) is 42.4 cm³/mol. The van der Waals surface area contributed by atoms with E-state index in [1.54, 1.807) is 0 Å². The fourth-order valence-electron chi connectivity index (χ4n) is 0.608. The van der Waals surface area contributed by atoms with E-state index in [1.165, 1.54) is 0 Å². The van der Waals surface area contributed by atoms with Gasteiger partial charge in [0, 0.05) is 6.42 Å². The van der Waals surface area contributed by atoms with Crippen molar-refractivity contribution in [2.75, 3.05) is 0 Å². The van der Waals surface area contributed by atoms with Crippen LogP contribution in [0.2, 0.25) is 0 Å². The highest BCUT2D eigenvalue weighted by Crippen LogP contribution is 2.27. The topological polar surface area (TPSA) is 43.1 Å². The third-order valence-corrected chi connectivity index (χ3v) is 1.99. The minimum absolute atomic E-state index is 0.190. The Hall–Kier alpha value is -0.530. The molecule has 2 heteroatoms. The first-order chi connectivity index (χ1) is 4.34. The fraction of sp³-hybridized carbons (Fsp3) is 0.875. The van der Waals surface area contributed by atoms with Crippen LogP contribution in [0.15, 0.2) is 0 Å². The van der Waals surface area contributed by atoms with Crippen LogP contribution in [0.5, 0.6) is 0 Å². The molecule has 0 radical (unpaired) electrons. The largest absolute Gasteiger partial charge is 0.370 e. The molecule has 0 aromatic rings. The number of amides is 1. The number of hydrogen-bond acceptors (Lipinski definition) is 1. The molecule has 0 bridgehead atoms. The van der Waals surface area contributed by atoms with Gasteiger partial charge in [-0.3, -0.25) is 4.79 Å². The smallest absolute Gasteiger partial charge is 0.217 e. The number of carbonyl (C=O) groups excluding carboxylic acids is 1. The zero-order valence-corrected chi connectivity index (χ0v) is 7.27. The Morgan fingerprint density at radius 3 is 2.00 bits per heavy atom. The summed E-state index contributed by atoms with van der Waals surface area (Å²) in [5, 5.41) is 0. The molecule has 2 nitrogen and oxygen atoms in total. The lowest BCUT2D eigenvalue weighted by molar-refractivity contribution is -0.119. The minimum atomic E-state index is -0.206. The average Bonchev–Trinajstić information content (AvgIpc) is 1.60. The van der Waals surface area contributed by atoms with Crippen LogP contribution in [0, 0.1) is 11.3 Å². The van der Waals surface area contributed by atoms with Gasteiger partial charge in [0.2, 0.25) is 5.91 Å². The van der Waals surface area contributed by atoms with E-state index in [1.807, 2.05) is 6.92 Å². The third-order valence-electron chi connectivity index (χ3n) is 1.99. The quantitative estimate of drug-likeness (QED) is 0.626. The first-order valence-corrected chi connectivity index (χ1v) is 3.62. The van der Waals surface area contributed by atoms with Gasteiger partial charge < -0.3 is 5.73 Å². The summed E-state index contributed by atoms with van der Waals surface area (Å²) in [5.41, 5.74) is 5.24. The lowest BCUT2D eigenvalue weighted by atomic mass is 9.80. The lowest BCUT2D eigenvalue weighted by Gasteiger charge is -2.25. The molecule has 1 atom stereocenters. The van der Waals surface area contributed by atoms with Gasteiger partial charge in [-0.15, -0.1) is 0 Å². The second-order valence-corrected chi connectivity index (χ2v) is 3.94. The Kier molecular flexibility index (Phi) is 2.88. The van der Waals surface area contributed by atoms with Crippen molar-refractivity contribution in [3.05, 3.63) is 0 Å². The van der Waals surface area contributed by atoms with Crippen LogP contribution in [-0.2, 0) is 4.79 Å². The van der Waals surface area contributed by atoms with Crippen LogP contribution >= 0.6 is 0 Å². The fourth-order valence-corrected chi connectivity index (χ4v) is 0.608. The molecule has 0 aromatic heterocycles. The predicted octanol–water partition coefficient (Wildman–Crippen LogP) is 1.54. The summed E-state index contributed by atoms with van der Waals surface area (Å²) in [4.78, 5) is 10.5. The molecule has 1 amide bonds. The van der Waals surface area contributed by atoms with Gasteiger partial charge in [-0.25, -0.2) is 0 Å². The van der Waals surface area contributed by atoms with Gasteiger partial charge in [-0.05, 0) is 11.3 Å². The molecule has 0 aliphatic rings. The van der Waals surface area contributed by atoms with E-state index in [2.05, 4.69) is 20.8 Å². The molecule has 2 N–H and O–H groups in total. The lowest BCUT2D eigenvalue weighted by Crippen LogP contribution is -2.23. The van der Waals surface area contributed by atoms with E-state index in [-0.39, 0.29) is 11.3 Å². The van der Waals surface area contributed by atoms with Crippen LogP contribution < -0.4 is 5.73 Å². The highest BCUT2D eigenvalue weighted by atomic mass is 16.1. The number of hydrogen-bond donors (Lipinski definition) is 1. The molecular weight excluding hydrogens is 126 g/mol. The summed E-state index contributed by atoms with van der Waals surface area (Å²) in [5.74, 6) is 0.160. The molecule has 0 aliphatic heterocycles. The third kappa shape index (κ3) is 3.49. The van der Waals surface area contributed by atoms with Crippen molar-refractivity contribution in [1.82, 2.24) is 0 Å². The minimum Gasteiger partial charge on any atom is -0.370 e. The second kappa shape index (κ2) is 3.04. The van der Waals surface area contributed by atoms with Crippen molar-refractivity contribution >= 4 is 5.91 Å². The molecule has 0 aliphatic carbocycles. The number of rotatable bonds is 2. The van der Waals surface area contributed by atoms with Crippen LogP contribution in [0.4, 0.5) is 0 Å². The van der Waals surface area contributed by atoms with Crippen molar-refractivity contribution in [3.8, 4) is 0 Å². The Morgan fingerprint density at radius 1 is 1.50 bits per heavy atom. The van der Waals surface area contributed by atoms with E-state index in [4.69, 9.17) is 5.73 Å². The Morgan fingerprint density at radius 2 is 1.90 bits per heavy atom. The molecule has 0 saturated heterocycles. The van der Waals surface area contributed by atoms with Crippen molar-refractivity contribution in [1.29, 1.82) is 0 Å². The summed E-state index contributed by atoms with van der Waals surface area (Å²) in [6, 6.07) is 0. The molecule has 0 aromatic carbocycles. The Balaban J connectivity index is 3.85. The summed E-state index contributed by atoms with van der Waals surface area (Å²) < 4.78 is 0. The summed E-state index contributed by atoms with van der Waals surface area (Å²) in [6.07, 6.45) is 0.490. The van der Waals surface area contributed by atoms with E-state index in [0.717, 1.165) is 0 Å². The monoisotopic (exact) mass is 143 g/mol. The first kappa shape index (κ1) is 9.47. The zero-order chi connectivity index (χ0) is 8.36. The normalized spacial score (nSPS) is 14.8. The number of nitrogens with two attached hydrogens (primary N) is 1. The van der Waals surface area contributed by atoms with Gasteiger partial charge >= 0.3 is 0 Å². The molecule has 0 heterocycles. The summed E-state index contributed by atoms with van der Waals surface area (Å²) in [7, 11) is 0. The highest BCUT2D eigenvalue weighted by molar-refractivity contribution is 5.74. The summed E-state index contributed by atoms with van der Waals surface area (Å²) in [6.45, 7) is 8.38. The number of carbonyl (C=O) groups is 1. The molecule has 0 unspecified atom stereocenters. The Labute approximate surface area is 62.8 Å². The average molecular weight is 143 g/mol. The second-order valence-electron chi connectivity index (χ2n) is 3.94. The molecule has 0 saturated carbocycles. The van der Waals surface area contributed by atoms with E-state index >= 15 is 0 Å². The Bertz CT molecular complexity index is 124. The van der Waals surface area contributed by atoms with Crippen molar-refractivity contribution in [2.45, 2.75) is 34.1 Å². The highest BCUT2D eigenvalue weighted by Gasteiger charge is 2.21. The van der Waals surface area contributed by atoms with Gasteiger partial charge in [0.25, 0.3) is 0 Å². The van der Waals surface area contributed by atoms with Crippen molar-refractivity contribution < 1.29 is 4.79 Å². The van der Waals surface area contributed by atoms with Gasteiger partial charge in [-0.1, -0.05) is 27.7 Å². The van der Waals surface area contributed by atoms with Crippen LogP contribution in [0.3, 0.4) is 0 Å². The van der Waals surface area contributed by atoms with E-state index in [0.29, 0.717) is 12.3 Å². The van der Waals surface area contributed by atoms with Gasteiger partial charge in [0.15, 0.2) is 0 Å². The maximum atomic E-state index is 10.5. The molecular formula is C8H17NO. The standard InChI is InChI=1S/C8H17NO/c1-6(5-7(9)10)8(2,3)4/h6H,5H2,1-4H3,(H2,9,10)/t6-/m1/s1.